The van der Waals surface area contributed by atoms with E-state index in [9.17, 15) is 34.5 Å². The zero-order valence-electron chi connectivity index (χ0n) is 21.4. The number of para-hydroxylation sites is 1. The molecule has 3 N–H and O–H groups in total. The number of phenolic OH excluding ortho intramolecular Hbond substituents is 2. The lowest BCUT2D eigenvalue weighted by Gasteiger charge is -2.36. The van der Waals surface area contributed by atoms with Crippen LogP contribution < -0.4 is 10.3 Å². The molecule has 1 saturated heterocycles. The third-order valence-corrected chi connectivity index (χ3v) is 6.92. The van der Waals surface area contributed by atoms with Crippen LogP contribution in [0.15, 0.2) is 41.3 Å². The van der Waals surface area contributed by atoms with Crippen LogP contribution in [0.1, 0.15) is 46.5 Å². The van der Waals surface area contributed by atoms with Crippen molar-refractivity contribution in [1.29, 1.82) is 0 Å². The summed E-state index contributed by atoms with van der Waals surface area (Å²) in [6.07, 6.45) is 0.909. The van der Waals surface area contributed by atoms with Gasteiger partial charge in [-0.1, -0.05) is 6.07 Å². The summed E-state index contributed by atoms with van der Waals surface area (Å²) >= 11 is 0. The Hall–Kier alpha value is -4.81. The molecule has 1 aliphatic carbocycles. The second-order valence-corrected chi connectivity index (χ2v) is 9.64. The number of fused-ring (bicyclic) bond motifs is 1. The molecule has 1 atom stereocenters. The molecule has 0 bridgehead atoms. The number of hydrogen-bond donors (Lipinski definition) is 3. The average Bonchev–Trinajstić information content (AvgIpc) is 3.75. The molecular formula is C27H26FN3O9. The minimum absolute atomic E-state index is 0.00201. The highest BCUT2D eigenvalue weighted by atomic mass is 19.1. The number of nitrogens with zero attached hydrogens (tertiary/aromatic N) is 3. The molecule has 210 valence electrons. The summed E-state index contributed by atoms with van der Waals surface area (Å²) in [5.41, 5.74) is -0.765. The standard InChI is InChI=1S/C27H26FN3O9/c1-14(39-26(37)16-3-2-4-22(32)24(16)34)40-27(38)30-9-7-29(8-10-30)21-12-20-17(11-19(21)28)23(33)18(25(35)36)13-31(20)15-5-6-15/h2-4,11-15,32,34H,5-10H2,1H3,(H,35,36). The predicted molar refractivity (Wildman–Crippen MR) is 138 cm³/mol. The van der Waals surface area contributed by atoms with Crippen molar-refractivity contribution in [3.63, 3.8) is 0 Å². The number of benzene rings is 2. The van der Waals surface area contributed by atoms with Crippen LogP contribution in [0, 0.1) is 5.82 Å². The maximum Gasteiger partial charge on any atom is 0.412 e. The Labute approximate surface area is 226 Å². The molecule has 1 aromatic heterocycles. The molecule has 5 rings (SSSR count). The largest absolute Gasteiger partial charge is 0.504 e. The lowest BCUT2D eigenvalue weighted by Crippen LogP contribution is -2.49. The van der Waals surface area contributed by atoms with E-state index in [4.69, 9.17) is 9.47 Å². The number of carboxylic acid groups (broad SMARTS) is 1. The first-order valence-corrected chi connectivity index (χ1v) is 12.6. The number of ether oxygens (including phenoxy) is 2. The first kappa shape index (κ1) is 26.8. The molecule has 1 unspecified atom stereocenters. The van der Waals surface area contributed by atoms with Gasteiger partial charge in [0, 0.05) is 50.7 Å². The molecule has 2 heterocycles. The van der Waals surface area contributed by atoms with E-state index in [1.807, 2.05) is 0 Å². The van der Waals surface area contributed by atoms with Gasteiger partial charge in [0.2, 0.25) is 11.7 Å². The topological polar surface area (TPSA) is 159 Å². The van der Waals surface area contributed by atoms with Crippen molar-refractivity contribution in [2.24, 2.45) is 0 Å². The summed E-state index contributed by atoms with van der Waals surface area (Å²) in [6, 6.07) is 6.44. The van der Waals surface area contributed by atoms with Crippen molar-refractivity contribution in [1.82, 2.24) is 9.47 Å². The Kier molecular flexibility index (Phi) is 6.96. The highest BCUT2D eigenvalue weighted by molar-refractivity contribution is 5.94. The van der Waals surface area contributed by atoms with Crippen LogP contribution in [0.2, 0.25) is 0 Å². The van der Waals surface area contributed by atoms with E-state index in [0.717, 1.165) is 18.9 Å². The number of piperazine rings is 1. The van der Waals surface area contributed by atoms with Crippen LogP contribution in [0.3, 0.4) is 0 Å². The van der Waals surface area contributed by atoms with Crippen molar-refractivity contribution in [2.75, 3.05) is 31.1 Å². The second kappa shape index (κ2) is 10.4. The zero-order valence-corrected chi connectivity index (χ0v) is 21.4. The number of esters is 1. The van der Waals surface area contributed by atoms with E-state index in [1.54, 1.807) is 15.5 Å². The number of aromatic carboxylic acids is 1. The Morgan fingerprint density at radius 1 is 1.02 bits per heavy atom. The van der Waals surface area contributed by atoms with Gasteiger partial charge in [-0.2, -0.15) is 0 Å². The number of anilines is 1. The third kappa shape index (κ3) is 5.09. The van der Waals surface area contributed by atoms with Crippen LogP contribution in [0.4, 0.5) is 14.9 Å². The van der Waals surface area contributed by atoms with Gasteiger partial charge in [-0.25, -0.2) is 18.8 Å². The number of phenols is 2. The number of aromatic nitrogens is 1. The Morgan fingerprint density at radius 3 is 2.38 bits per heavy atom. The highest BCUT2D eigenvalue weighted by Gasteiger charge is 2.30. The third-order valence-electron chi connectivity index (χ3n) is 6.92. The zero-order chi connectivity index (χ0) is 28.7. The average molecular weight is 556 g/mol. The molecular weight excluding hydrogens is 529 g/mol. The van der Waals surface area contributed by atoms with Gasteiger partial charge in [-0.05, 0) is 37.1 Å². The number of hydrogen-bond acceptors (Lipinski definition) is 9. The van der Waals surface area contributed by atoms with E-state index in [0.29, 0.717) is 5.52 Å². The van der Waals surface area contributed by atoms with E-state index in [1.165, 1.54) is 36.2 Å². The smallest absolute Gasteiger partial charge is 0.412 e. The van der Waals surface area contributed by atoms with Crippen LogP contribution in [0.5, 0.6) is 11.5 Å². The fourth-order valence-electron chi connectivity index (χ4n) is 4.69. The number of pyridine rings is 1. The molecule has 3 aromatic rings. The number of carbonyl (C=O) groups excluding carboxylic acids is 2. The van der Waals surface area contributed by atoms with Gasteiger partial charge in [-0.3, -0.25) is 4.79 Å². The summed E-state index contributed by atoms with van der Waals surface area (Å²) in [5, 5.41) is 28.8. The minimum Gasteiger partial charge on any atom is -0.504 e. The van der Waals surface area contributed by atoms with E-state index in [-0.39, 0.29) is 48.9 Å². The monoisotopic (exact) mass is 555 g/mol. The van der Waals surface area contributed by atoms with Crippen molar-refractivity contribution in [2.45, 2.75) is 32.1 Å². The molecule has 0 radical (unpaired) electrons. The fourth-order valence-corrected chi connectivity index (χ4v) is 4.69. The van der Waals surface area contributed by atoms with Gasteiger partial charge in [-0.15, -0.1) is 0 Å². The summed E-state index contributed by atoms with van der Waals surface area (Å²) < 4.78 is 27.1. The van der Waals surface area contributed by atoms with Gasteiger partial charge >= 0.3 is 18.0 Å². The summed E-state index contributed by atoms with van der Waals surface area (Å²) in [6.45, 7) is 2.13. The maximum atomic E-state index is 15.2. The summed E-state index contributed by atoms with van der Waals surface area (Å²) in [5.74, 6) is -4.19. The Balaban J connectivity index is 1.25. The molecule has 40 heavy (non-hydrogen) atoms. The number of carbonyl (C=O) groups is 3. The van der Waals surface area contributed by atoms with E-state index in [2.05, 4.69) is 0 Å². The van der Waals surface area contributed by atoms with Gasteiger partial charge in [0.05, 0.1) is 11.2 Å². The van der Waals surface area contributed by atoms with E-state index < -0.39 is 52.6 Å². The summed E-state index contributed by atoms with van der Waals surface area (Å²) in [4.78, 5) is 52.2. The van der Waals surface area contributed by atoms with Gasteiger partial charge < -0.3 is 39.2 Å². The van der Waals surface area contributed by atoms with Crippen molar-refractivity contribution in [3.05, 3.63) is 63.7 Å². The normalized spacial score (nSPS) is 16.1. The van der Waals surface area contributed by atoms with Crippen molar-refractivity contribution in [3.8, 4) is 11.5 Å². The highest BCUT2D eigenvalue weighted by Crippen LogP contribution is 2.38. The van der Waals surface area contributed by atoms with Gasteiger partial charge in [0.1, 0.15) is 16.9 Å². The molecule has 1 aliphatic heterocycles. The Bertz CT molecular complexity index is 1580. The van der Waals surface area contributed by atoms with Gasteiger partial charge in [0.25, 0.3) is 0 Å². The number of carboxylic acids is 1. The minimum atomic E-state index is -1.37. The van der Waals surface area contributed by atoms with Crippen LogP contribution >= 0.6 is 0 Å². The molecule has 0 spiro atoms. The van der Waals surface area contributed by atoms with Crippen LogP contribution in [-0.4, -0.2) is 75.3 Å². The lowest BCUT2D eigenvalue weighted by atomic mass is 10.1. The molecule has 2 aliphatic rings. The second-order valence-electron chi connectivity index (χ2n) is 9.64. The number of aromatic hydroxyl groups is 2. The van der Waals surface area contributed by atoms with Crippen molar-refractivity contribution >= 4 is 34.6 Å². The number of halogens is 1. The van der Waals surface area contributed by atoms with E-state index >= 15 is 4.39 Å². The number of amides is 1. The van der Waals surface area contributed by atoms with Crippen LogP contribution in [0.25, 0.3) is 10.9 Å². The fraction of sp³-hybridized carbons (Fsp3) is 0.333. The molecule has 2 aromatic carbocycles. The molecule has 12 nitrogen and oxygen atoms in total. The SMILES string of the molecule is CC(OC(=O)c1cccc(O)c1O)OC(=O)N1CCN(c2cc3c(cc2F)c(=O)c(C(=O)O)cn3C2CC2)CC1. The maximum absolute atomic E-state index is 15.2. The van der Waals surface area contributed by atoms with Crippen molar-refractivity contribution < 1.29 is 43.6 Å². The van der Waals surface area contributed by atoms with Crippen LogP contribution in [-0.2, 0) is 9.47 Å². The van der Waals surface area contributed by atoms with Gasteiger partial charge in [0.15, 0.2) is 11.5 Å². The molecule has 2 fully saturated rings. The lowest BCUT2D eigenvalue weighted by molar-refractivity contribution is -0.0696. The molecule has 1 saturated carbocycles. The first-order valence-electron chi connectivity index (χ1n) is 12.6. The first-order chi connectivity index (χ1) is 19.0. The predicted octanol–water partition coefficient (Wildman–Crippen LogP) is 3.05. The molecule has 13 heteroatoms. The molecule has 1 amide bonds. The summed E-state index contributed by atoms with van der Waals surface area (Å²) in [7, 11) is 0. The quantitative estimate of drug-likeness (QED) is 0.234. The number of rotatable bonds is 6. The Morgan fingerprint density at radius 2 is 1.73 bits per heavy atom.